The van der Waals surface area contributed by atoms with Crippen molar-refractivity contribution < 1.29 is 23.4 Å². The number of fused-ring (bicyclic) bond motifs is 1. The molecular weight excluding hydrogens is 584 g/mol. The number of rotatable bonds is 15. The molecule has 1 aliphatic rings. The number of hydrogen-bond donors (Lipinski definition) is 0. The third-order valence-corrected chi connectivity index (χ3v) is 13.1. The van der Waals surface area contributed by atoms with Crippen LogP contribution in [0.2, 0.25) is 18.1 Å². The number of hydrogen-bond acceptors (Lipinski definition) is 7. The molecule has 1 saturated heterocycles. The fourth-order valence-corrected chi connectivity index (χ4v) is 6.08. The molecule has 9 nitrogen and oxygen atoms in total. The Morgan fingerprint density at radius 1 is 0.978 bits per heavy atom. The van der Waals surface area contributed by atoms with Gasteiger partial charge in [-0.2, -0.15) is 10.2 Å². The van der Waals surface area contributed by atoms with Gasteiger partial charge in [-0.15, -0.1) is 0 Å². The summed E-state index contributed by atoms with van der Waals surface area (Å²) in [4.78, 5) is 0. The second-order valence-electron chi connectivity index (χ2n) is 13.4. The first-order valence-electron chi connectivity index (χ1n) is 16.3. The van der Waals surface area contributed by atoms with E-state index in [1.807, 2.05) is 46.7 Å². The van der Waals surface area contributed by atoms with Gasteiger partial charge in [0.25, 0.3) is 0 Å². The van der Waals surface area contributed by atoms with Crippen molar-refractivity contribution in [1.29, 1.82) is 0 Å². The molecule has 0 bridgehead atoms. The standard InChI is InChI=1S/C35H50N4O5Si/c1-27(43-26-28-12-8-7-9-13-28)25-41-23-22-40-21-19-38-18-17-31(36-38)34-30-24-29(44-45(5,6)35(2,3)4)15-16-32(30)39(37-34)33-14-10-11-20-42-33/h7-9,12-13,15-18,24,27,33H,10-11,14,19-23,25-26H2,1-6H3/t27-,33?/m1/s1. The summed E-state index contributed by atoms with van der Waals surface area (Å²) in [6.07, 6.45) is 5.11. The van der Waals surface area contributed by atoms with Crippen LogP contribution in [0.4, 0.5) is 0 Å². The van der Waals surface area contributed by atoms with Crippen LogP contribution in [0.1, 0.15) is 58.7 Å². The van der Waals surface area contributed by atoms with E-state index in [4.69, 9.17) is 33.6 Å². The van der Waals surface area contributed by atoms with E-state index in [1.54, 1.807) is 0 Å². The van der Waals surface area contributed by atoms with Crippen molar-refractivity contribution >= 4 is 19.2 Å². The van der Waals surface area contributed by atoms with Gasteiger partial charge >= 0.3 is 0 Å². The molecule has 45 heavy (non-hydrogen) atoms. The first-order valence-corrected chi connectivity index (χ1v) is 19.2. The van der Waals surface area contributed by atoms with Gasteiger partial charge in [-0.25, -0.2) is 4.68 Å². The van der Waals surface area contributed by atoms with Crippen LogP contribution >= 0.6 is 0 Å². The summed E-state index contributed by atoms with van der Waals surface area (Å²) >= 11 is 0. The van der Waals surface area contributed by atoms with Crippen molar-refractivity contribution in [3.05, 3.63) is 66.4 Å². The van der Waals surface area contributed by atoms with E-state index in [0.717, 1.165) is 59.5 Å². The Bertz CT molecular complexity index is 1490. The summed E-state index contributed by atoms with van der Waals surface area (Å²) in [5.74, 6) is 0.881. The topological polar surface area (TPSA) is 81.8 Å². The zero-order valence-corrected chi connectivity index (χ0v) is 28.8. The fourth-order valence-electron chi connectivity index (χ4n) is 5.06. The minimum atomic E-state index is -2.00. The molecule has 0 aliphatic carbocycles. The van der Waals surface area contributed by atoms with Crippen LogP contribution in [0.15, 0.2) is 60.8 Å². The SMILES string of the molecule is C[C@H](COCCOCCn1ccc(-c2nn(C3CCCCO3)c3ccc(O[Si](C)(C)C(C)(C)C)cc23)n1)OCc1ccccc1. The molecule has 1 fully saturated rings. The maximum Gasteiger partial charge on any atom is 0.250 e. The van der Waals surface area contributed by atoms with Crippen molar-refractivity contribution in [3.63, 3.8) is 0 Å². The molecule has 0 N–H and O–H groups in total. The van der Waals surface area contributed by atoms with Gasteiger partial charge in [0.2, 0.25) is 8.32 Å². The normalized spacial score (nSPS) is 16.7. The van der Waals surface area contributed by atoms with Crippen molar-refractivity contribution in [2.24, 2.45) is 0 Å². The molecule has 0 radical (unpaired) electrons. The lowest BCUT2D eigenvalue weighted by Crippen LogP contribution is -2.43. The lowest BCUT2D eigenvalue weighted by atomic mass is 10.1. The highest BCUT2D eigenvalue weighted by Gasteiger charge is 2.39. The summed E-state index contributed by atoms with van der Waals surface area (Å²) in [5, 5.41) is 11.1. The van der Waals surface area contributed by atoms with Gasteiger partial charge in [-0.05, 0) is 74.1 Å². The van der Waals surface area contributed by atoms with Crippen molar-refractivity contribution in [2.45, 2.75) is 90.6 Å². The highest BCUT2D eigenvalue weighted by Crippen LogP contribution is 2.39. The van der Waals surface area contributed by atoms with E-state index < -0.39 is 8.32 Å². The molecule has 2 aromatic heterocycles. The molecule has 0 saturated carbocycles. The number of ether oxygens (including phenoxy) is 4. The maximum absolute atomic E-state index is 6.67. The summed E-state index contributed by atoms with van der Waals surface area (Å²) < 4.78 is 34.2. The first-order chi connectivity index (χ1) is 21.6. The number of nitrogens with zero attached hydrogens (tertiary/aromatic N) is 4. The largest absolute Gasteiger partial charge is 0.543 e. The molecule has 2 atom stereocenters. The highest BCUT2D eigenvalue weighted by molar-refractivity contribution is 6.74. The lowest BCUT2D eigenvalue weighted by molar-refractivity contribution is -0.0365. The molecule has 4 aromatic rings. The highest BCUT2D eigenvalue weighted by atomic mass is 28.4. The molecule has 10 heteroatoms. The van der Waals surface area contributed by atoms with Crippen LogP contribution in [0, 0.1) is 0 Å². The van der Waals surface area contributed by atoms with Crippen LogP contribution in [-0.4, -0.2) is 67.0 Å². The van der Waals surface area contributed by atoms with Gasteiger partial charge in [0.1, 0.15) is 17.1 Å². The minimum Gasteiger partial charge on any atom is -0.543 e. The molecule has 244 valence electrons. The van der Waals surface area contributed by atoms with Gasteiger partial charge in [-0.1, -0.05) is 51.1 Å². The third kappa shape index (κ3) is 8.83. The summed E-state index contributed by atoms with van der Waals surface area (Å²) in [5.41, 5.74) is 3.87. The van der Waals surface area contributed by atoms with Crippen LogP contribution < -0.4 is 4.43 Å². The monoisotopic (exact) mass is 634 g/mol. The van der Waals surface area contributed by atoms with Gasteiger partial charge in [-0.3, -0.25) is 4.68 Å². The number of aromatic nitrogens is 4. The van der Waals surface area contributed by atoms with Gasteiger partial charge in [0.05, 0.1) is 51.2 Å². The van der Waals surface area contributed by atoms with Crippen molar-refractivity contribution in [2.75, 3.05) is 33.0 Å². The Morgan fingerprint density at radius 3 is 2.53 bits per heavy atom. The van der Waals surface area contributed by atoms with E-state index in [-0.39, 0.29) is 17.4 Å². The third-order valence-electron chi connectivity index (χ3n) is 8.74. The van der Waals surface area contributed by atoms with Crippen LogP contribution in [0.3, 0.4) is 0 Å². The Hall–Kier alpha value is -3.02. The van der Waals surface area contributed by atoms with Crippen LogP contribution in [0.5, 0.6) is 5.75 Å². The summed E-state index contributed by atoms with van der Waals surface area (Å²) in [7, 11) is -2.00. The smallest absolute Gasteiger partial charge is 0.250 e. The Labute approximate surface area is 268 Å². The molecule has 1 aliphatic heterocycles. The van der Waals surface area contributed by atoms with E-state index >= 15 is 0 Å². The van der Waals surface area contributed by atoms with Crippen molar-refractivity contribution in [3.8, 4) is 17.1 Å². The fraction of sp³-hybridized carbons (Fsp3) is 0.543. The Morgan fingerprint density at radius 2 is 1.78 bits per heavy atom. The maximum atomic E-state index is 6.67. The average molecular weight is 635 g/mol. The predicted molar refractivity (Wildman–Crippen MR) is 180 cm³/mol. The Kier molecular flexibility index (Phi) is 11.1. The minimum absolute atomic E-state index is 0.0200. The molecular formula is C35H50N4O5Si. The summed E-state index contributed by atoms with van der Waals surface area (Å²) in [6, 6.07) is 18.5. The summed E-state index contributed by atoms with van der Waals surface area (Å²) in [6.45, 7) is 17.5. The van der Waals surface area contributed by atoms with Crippen LogP contribution in [0.25, 0.3) is 22.3 Å². The zero-order valence-electron chi connectivity index (χ0n) is 27.8. The molecule has 0 amide bonds. The second kappa shape index (κ2) is 15.0. The van der Waals surface area contributed by atoms with Gasteiger partial charge in [0, 0.05) is 18.2 Å². The van der Waals surface area contributed by atoms with Crippen molar-refractivity contribution in [1.82, 2.24) is 19.6 Å². The molecule has 1 unspecified atom stereocenters. The lowest BCUT2D eigenvalue weighted by Gasteiger charge is -2.36. The molecule has 0 spiro atoms. The quantitative estimate of drug-likeness (QED) is 0.0983. The van der Waals surface area contributed by atoms with Crippen LogP contribution in [-0.2, 0) is 32.1 Å². The van der Waals surface area contributed by atoms with E-state index in [2.05, 4.69) is 64.2 Å². The second-order valence-corrected chi connectivity index (χ2v) is 18.1. The Balaban J connectivity index is 1.17. The predicted octanol–water partition coefficient (Wildman–Crippen LogP) is 7.62. The number of benzene rings is 2. The molecule has 3 heterocycles. The van der Waals surface area contributed by atoms with E-state index in [0.29, 0.717) is 39.6 Å². The van der Waals surface area contributed by atoms with E-state index in [9.17, 15) is 0 Å². The average Bonchev–Trinajstić information content (AvgIpc) is 3.64. The first kappa shape index (κ1) is 33.3. The van der Waals surface area contributed by atoms with Gasteiger partial charge < -0.3 is 23.4 Å². The zero-order chi connectivity index (χ0) is 31.9. The molecule has 5 rings (SSSR count). The molecule has 2 aromatic carbocycles. The van der Waals surface area contributed by atoms with E-state index in [1.165, 1.54) is 0 Å². The van der Waals surface area contributed by atoms with Gasteiger partial charge in [0.15, 0.2) is 6.23 Å².